The minimum atomic E-state index is -0.677. The van der Waals surface area contributed by atoms with Gasteiger partial charge in [0.05, 0.1) is 30.3 Å². The van der Waals surface area contributed by atoms with Crippen molar-refractivity contribution in [2.75, 3.05) is 20.3 Å². The molecule has 2 aromatic carbocycles. The fourth-order valence-electron chi connectivity index (χ4n) is 2.74. The fourth-order valence-corrected chi connectivity index (χ4v) is 2.74. The molecule has 0 spiro atoms. The first-order valence-corrected chi connectivity index (χ1v) is 9.32. The highest BCUT2D eigenvalue weighted by Crippen LogP contribution is 2.28. The highest BCUT2D eigenvalue weighted by Gasteiger charge is 2.17. The smallest absolute Gasteiger partial charge is 0.338 e. The number of imidazole rings is 1. The van der Waals surface area contributed by atoms with Gasteiger partial charge < -0.3 is 24.3 Å². The number of ether oxygens (including phenoxy) is 3. The van der Waals surface area contributed by atoms with Gasteiger partial charge in [0.25, 0.3) is 0 Å². The Morgan fingerprint density at radius 3 is 2.73 bits per heavy atom. The molecule has 0 aliphatic carbocycles. The number of nitriles is 1. The Morgan fingerprint density at radius 1 is 1.23 bits per heavy atom. The summed E-state index contributed by atoms with van der Waals surface area (Å²) in [6.07, 6.45) is 0.838. The number of hydrogen-bond acceptors (Lipinski definition) is 7. The van der Waals surface area contributed by atoms with Crippen molar-refractivity contribution in [3.63, 3.8) is 0 Å². The van der Waals surface area contributed by atoms with Crippen LogP contribution in [0, 0.1) is 11.3 Å². The molecule has 30 heavy (non-hydrogen) atoms. The van der Waals surface area contributed by atoms with Crippen LogP contribution in [0.25, 0.3) is 16.6 Å². The van der Waals surface area contributed by atoms with Crippen molar-refractivity contribution in [3.05, 3.63) is 59.6 Å². The van der Waals surface area contributed by atoms with Crippen LogP contribution in [0.4, 0.5) is 0 Å². The zero-order valence-electron chi connectivity index (χ0n) is 16.6. The van der Waals surface area contributed by atoms with Gasteiger partial charge in [-0.15, -0.1) is 0 Å². The summed E-state index contributed by atoms with van der Waals surface area (Å²) in [5.74, 6) is 0.0443. The summed E-state index contributed by atoms with van der Waals surface area (Å²) in [5, 5.41) is 19.7. The molecule has 0 saturated carbocycles. The number of hydrogen-bond donors (Lipinski definition) is 2. The molecular formula is C22H21N3O5. The minimum Gasteiger partial charge on any atom is -0.507 e. The molecule has 0 aliphatic rings. The van der Waals surface area contributed by atoms with Crippen molar-refractivity contribution >= 4 is 22.6 Å². The first-order chi connectivity index (χ1) is 14.6. The summed E-state index contributed by atoms with van der Waals surface area (Å²) < 4.78 is 16.0. The lowest BCUT2D eigenvalue weighted by Crippen LogP contribution is -2.10. The number of aliphatic hydroxyl groups is 1. The number of fused-ring (bicyclic) bond motifs is 1. The molecule has 8 heteroatoms. The normalized spacial score (nSPS) is 11.5. The summed E-state index contributed by atoms with van der Waals surface area (Å²) in [6.45, 7) is 2.03. The Hall–Kier alpha value is -3.99. The highest BCUT2D eigenvalue weighted by atomic mass is 16.5. The average molecular weight is 407 g/mol. The van der Waals surface area contributed by atoms with E-state index < -0.39 is 18.3 Å². The second kappa shape index (κ2) is 9.47. The Labute approximate surface area is 173 Å². The average Bonchev–Trinajstić information content (AvgIpc) is 3.20. The van der Waals surface area contributed by atoms with Crippen molar-refractivity contribution in [2.45, 2.75) is 13.3 Å². The number of aromatic nitrogens is 2. The van der Waals surface area contributed by atoms with Gasteiger partial charge in [-0.1, -0.05) is 19.1 Å². The summed E-state index contributed by atoms with van der Waals surface area (Å²) in [7, 11) is 1.48. The van der Waals surface area contributed by atoms with E-state index in [1.54, 1.807) is 24.3 Å². The zero-order chi connectivity index (χ0) is 21.5. The van der Waals surface area contributed by atoms with Gasteiger partial charge in [0.1, 0.15) is 18.2 Å². The van der Waals surface area contributed by atoms with Gasteiger partial charge in [-0.05, 0) is 36.8 Å². The molecule has 1 heterocycles. The maximum Gasteiger partial charge on any atom is 0.338 e. The van der Waals surface area contributed by atoms with Crippen LogP contribution in [-0.4, -0.2) is 41.4 Å². The summed E-state index contributed by atoms with van der Waals surface area (Å²) in [4.78, 5) is 19.6. The number of nitrogens with one attached hydrogen (secondary N) is 1. The Kier molecular flexibility index (Phi) is 6.55. The largest absolute Gasteiger partial charge is 0.507 e. The second-order valence-electron chi connectivity index (χ2n) is 6.33. The summed E-state index contributed by atoms with van der Waals surface area (Å²) in [6, 6.07) is 13.8. The monoisotopic (exact) mass is 407 g/mol. The number of carbonyl (C=O) groups is 1. The standard InChI is InChI=1S/C22H21N3O5/c1-3-10-29-19-9-8-14(11-20(19)28-2)22(27)30-13-18(26)15(12-23)21-24-16-6-4-5-7-17(16)25-21/h4-9,11,26H,3,10,13H2,1-2H3,(H,24,25). The van der Waals surface area contributed by atoms with E-state index in [0.717, 1.165) is 11.9 Å². The van der Waals surface area contributed by atoms with Crippen molar-refractivity contribution in [3.8, 4) is 17.6 Å². The molecule has 0 amide bonds. The van der Waals surface area contributed by atoms with Crippen LogP contribution in [0.1, 0.15) is 29.5 Å². The van der Waals surface area contributed by atoms with E-state index in [1.165, 1.54) is 13.2 Å². The molecule has 0 unspecified atom stereocenters. The molecule has 1 aromatic heterocycles. The van der Waals surface area contributed by atoms with E-state index in [4.69, 9.17) is 14.2 Å². The van der Waals surface area contributed by atoms with Gasteiger partial charge in [0.15, 0.2) is 23.1 Å². The molecule has 0 aliphatic heterocycles. The zero-order valence-corrected chi connectivity index (χ0v) is 16.6. The number of nitrogens with zero attached hydrogens (tertiary/aromatic N) is 2. The molecule has 3 rings (SSSR count). The van der Waals surface area contributed by atoms with Gasteiger partial charge in [-0.3, -0.25) is 0 Å². The number of methoxy groups -OCH3 is 1. The molecule has 0 bridgehead atoms. The van der Waals surface area contributed by atoms with Crippen LogP contribution in [0.2, 0.25) is 0 Å². The van der Waals surface area contributed by atoms with Crippen LogP contribution in [0.3, 0.4) is 0 Å². The SMILES string of the molecule is CCCOc1ccc(C(=O)OCC(O)=C(C#N)c2nc3ccccc3[nH]2)cc1OC. The maximum absolute atomic E-state index is 12.4. The predicted octanol–water partition coefficient (Wildman–Crippen LogP) is 4.01. The molecule has 0 fully saturated rings. The van der Waals surface area contributed by atoms with Crippen LogP contribution in [0.15, 0.2) is 48.2 Å². The van der Waals surface area contributed by atoms with E-state index in [1.807, 2.05) is 25.1 Å². The van der Waals surface area contributed by atoms with Crippen molar-refractivity contribution < 1.29 is 24.1 Å². The van der Waals surface area contributed by atoms with Crippen LogP contribution < -0.4 is 9.47 Å². The maximum atomic E-state index is 12.4. The molecule has 2 N–H and O–H groups in total. The first kappa shape index (κ1) is 20.7. The summed E-state index contributed by atoms with van der Waals surface area (Å²) in [5.41, 5.74) is 1.51. The van der Waals surface area contributed by atoms with E-state index in [9.17, 15) is 15.2 Å². The van der Waals surface area contributed by atoms with Crippen LogP contribution >= 0.6 is 0 Å². The van der Waals surface area contributed by atoms with Crippen LogP contribution in [-0.2, 0) is 4.74 Å². The van der Waals surface area contributed by atoms with Gasteiger partial charge in [0, 0.05) is 0 Å². The Morgan fingerprint density at radius 2 is 2.03 bits per heavy atom. The lowest BCUT2D eigenvalue weighted by atomic mass is 10.2. The number of carbonyl (C=O) groups excluding carboxylic acids is 1. The fraction of sp³-hybridized carbons (Fsp3) is 0.227. The lowest BCUT2D eigenvalue weighted by molar-refractivity contribution is 0.0502. The molecule has 0 atom stereocenters. The highest BCUT2D eigenvalue weighted by molar-refractivity contribution is 5.90. The number of para-hydroxylation sites is 2. The first-order valence-electron chi connectivity index (χ1n) is 9.32. The van der Waals surface area contributed by atoms with E-state index in [0.29, 0.717) is 23.6 Å². The molecule has 8 nitrogen and oxygen atoms in total. The molecular weight excluding hydrogens is 386 g/mol. The van der Waals surface area contributed by atoms with E-state index in [-0.39, 0.29) is 17.0 Å². The minimum absolute atomic E-state index is 0.0973. The number of benzene rings is 2. The van der Waals surface area contributed by atoms with E-state index in [2.05, 4.69) is 9.97 Å². The van der Waals surface area contributed by atoms with Crippen molar-refractivity contribution in [1.82, 2.24) is 9.97 Å². The van der Waals surface area contributed by atoms with Crippen molar-refractivity contribution in [1.29, 1.82) is 5.26 Å². The number of esters is 1. The van der Waals surface area contributed by atoms with Gasteiger partial charge in [-0.25, -0.2) is 9.78 Å². The van der Waals surface area contributed by atoms with Gasteiger partial charge >= 0.3 is 5.97 Å². The molecule has 0 saturated heterocycles. The summed E-state index contributed by atoms with van der Waals surface area (Å²) >= 11 is 0. The number of rotatable bonds is 8. The van der Waals surface area contributed by atoms with Crippen LogP contribution in [0.5, 0.6) is 11.5 Å². The number of aliphatic hydroxyl groups excluding tert-OH is 1. The number of allylic oxidation sites excluding steroid dienone is 1. The quantitative estimate of drug-likeness (QED) is 0.329. The predicted molar refractivity (Wildman–Crippen MR) is 110 cm³/mol. The third-order valence-electron chi connectivity index (χ3n) is 4.23. The topological polar surface area (TPSA) is 117 Å². The van der Waals surface area contributed by atoms with Gasteiger partial charge in [-0.2, -0.15) is 5.26 Å². The molecule has 0 radical (unpaired) electrons. The Balaban J connectivity index is 1.74. The second-order valence-corrected chi connectivity index (χ2v) is 6.33. The van der Waals surface area contributed by atoms with Gasteiger partial charge in [0.2, 0.25) is 0 Å². The molecule has 3 aromatic rings. The number of aromatic amines is 1. The Bertz CT molecular complexity index is 1090. The lowest BCUT2D eigenvalue weighted by Gasteiger charge is -2.11. The van der Waals surface area contributed by atoms with E-state index >= 15 is 0 Å². The third kappa shape index (κ3) is 4.52. The van der Waals surface area contributed by atoms with Crippen molar-refractivity contribution in [2.24, 2.45) is 0 Å². The third-order valence-corrected chi connectivity index (χ3v) is 4.23. The number of H-pyrrole nitrogens is 1. The molecule has 154 valence electrons.